The number of rotatable bonds is 13. The van der Waals surface area contributed by atoms with Gasteiger partial charge in [-0.3, -0.25) is 18.5 Å². The van der Waals surface area contributed by atoms with Crippen molar-refractivity contribution in [1.29, 1.82) is 0 Å². The van der Waals surface area contributed by atoms with Gasteiger partial charge in [-0.05, 0) is 43.2 Å². The number of phosphoric acid groups is 2. The molecule has 1 aromatic heterocycles. The second-order valence-corrected chi connectivity index (χ2v) is 14.4. The lowest BCUT2D eigenvalue weighted by atomic mass is 10.1. The highest BCUT2D eigenvalue weighted by Crippen LogP contribution is 2.55. The second kappa shape index (κ2) is 14.7. The van der Waals surface area contributed by atoms with Crippen molar-refractivity contribution in [3.05, 3.63) is 56.4 Å². The Labute approximate surface area is 285 Å². The van der Waals surface area contributed by atoms with Gasteiger partial charge in [-0.1, -0.05) is 0 Å². The highest BCUT2D eigenvalue weighted by molar-refractivity contribution is 7.59. The van der Waals surface area contributed by atoms with Crippen LogP contribution in [0.1, 0.15) is 17.4 Å². The van der Waals surface area contributed by atoms with E-state index < -0.39 is 95.5 Å². The molecule has 9 atom stereocenters. The van der Waals surface area contributed by atoms with E-state index in [0.717, 1.165) is 21.9 Å². The number of ether oxygens (including phenoxy) is 1. The van der Waals surface area contributed by atoms with Gasteiger partial charge in [0, 0.05) is 6.20 Å². The Hall–Kier alpha value is -3.80. The molecule has 1 aromatic carbocycles. The van der Waals surface area contributed by atoms with Crippen molar-refractivity contribution < 1.29 is 67.7 Å². The molecule has 3 aliphatic heterocycles. The van der Waals surface area contributed by atoms with Crippen LogP contribution in [0.3, 0.4) is 0 Å². The molecule has 4 heterocycles. The molecule has 0 radical (unpaired) electrons. The van der Waals surface area contributed by atoms with Gasteiger partial charge in [0.2, 0.25) is 0 Å². The molecule has 2 aromatic rings. The van der Waals surface area contributed by atoms with E-state index in [0.29, 0.717) is 0 Å². The summed E-state index contributed by atoms with van der Waals surface area (Å²) in [5.41, 5.74) is 5.13. The largest absolute Gasteiger partial charge is 0.844 e. The molecule has 0 amide bonds. The van der Waals surface area contributed by atoms with Gasteiger partial charge < -0.3 is 64.5 Å². The lowest BCUT2D eigenvalue weighted by molar-refractivity contribution is -0.282. The zero-order valence-electron chi connectivity index (χ0n) is 26.4. The standard InChI is InChI=1S/C26H33N7O16P2/c1-10-5-12-13(6-11(10)2)33(22-18(28-12)23(39)31-25(40)30-22)7-14(34)19(36)15(35)8-46-50(42,43)49-51(44,45)47-9-16-20(37)21(38)24(48-16)32-4-3-17(27)29-26(32)41/h3-6,14-16,19-21,24,34-38H,7-9H2,1-2H3,(H,42,43)(H,44,45)(H2,27,29,41)(H,31,39,40)/p-3/t14-,15+,16+,19-,20+,21+,24+/m0/s1. The molecular weight excluding hydrogens is 728 g/mol. The van der Waals surface area contributed by atoms with Gasteiger partial charge in [0.05, 0.1) is 36.8 Å². The average Bonchev–Trinajstić information content (AvgIpc) is 3.31. The van der Waals surface area contributed by atoms with Crippen molar-refractivity contribution in [2.75, 3.05) is 18.9 Å². The summed E-state index contributed by atoms with van der Waals surface area (Å²) in [5.74, 6) is -0.448. The number of benzene rings is 1. The molecule has 7 N–H and O–H groups in total. The first-order chi connectivity index (χ1) is 23.8. The summed E-state index contributed by atoms with van der Waals surface area (Å²) in [6, 6.07) is 3.26. The number of aryl methyl sites for hydroxylation is 2. The van der Waals surface area contributed by atoms with Crippen molar-refractivity contribution in [2.45, 2.75) is 63.2 Å². The minimum absolute atomic E-state index is 0.150. The molecule has 0 bridgehead atoms. The van der Waals surface area contributed by atoms with Crippen molar-refractivity contribution in [3.63, 3.8) is 0 Å². The summed E-state index contributed by atoms with van der Waals surface area (Å²) >= 11 is 0. The Morgan fingerprint density at radius 2 is 1.65 bits per heavy atom. The monoisotopic (exact) mass is 758 g/mol. The van der Waals surface area contributed by atoms with Crippen molar-refractivity contribution in [3.8, 4) is 17.5 Å². The molecule has 2 unspecified atom stereocenters. The van der Waals surface area contributed by atoms with E-state index in [1.54, 1.807) is 26.0 Å². The Morgan fingerprint density at radius 3 is 2.33 bits per heavy atom. The van der Waals surface area contributed by atoms with E-state index in [1.807, 2.05) is 0 Å². The molecule has 3 aliphatic rings. The van der Waals surface area contributed by atoms with Crippen LogP contribution in [0, 0.1) is 13.8 Å². The number of phosphoric ester groups is 2. The maximum Gasteiger partial charge on any atom is 0.351 e. The van der Waals surface area contributed by atoms with Gasteiger partial charge in [-0.2, -0.15) is 4.98 Å². The lowest BCUT2D eigenvalue weighted by Gasteiger charge is -2.32. The fraction of sp³-hybridized carbons (Fsp3) is 0.462. The zero-order valence-corrected chi connectivity index (χ0v) is 28.1. The lowest BCUT2D eigenvalue weighted by Crippen LogP contribution is -2.42. The first kappa shape index (κ1) is 38.4. The van der Waals surface area contributed by atoms with E-state index in [2.05, 4.69) is 33.3 Å². The van der Waals surface area contributed by atoms with E-state index in [9.17, 15) is 59.1 Å². The summed E-state index contributed by atoms with van der Waals surface area (Å²) < 4.78 is 44.6. The highest BCUT2D eigenvalue weighted by atomic mass is 31.3. The predicted octanol–water partition coefficient (Wildman–Crippen LogP) is -4.49. The number of nitrogens with zero attached hydrogens (tertiary/aromatic N) is 6. The van der Waals surface area contributed by atoms with Crippen LogP contribution >= 0.6 is 15.6 Å². The molecule has 25 heteroatoms. The van der Waals surface area contributed by atoms with E-state index in [4.69, 9.17) is 10.5 Å². The van der Waals surface area contributed by atoms with Crippen LogP contribution < -0.4 is 31.9 Å². The van der Waals surface area contributed by atoms with Gasteiger partial charge in [0.15, 0.2) is 17.7 Å². The third-order valence-corrected chi connectivity index (χ3v) is 10.3. The van der Waals surface area contributed by atoms with Crippen LogP contribution in [0.15, 0.2) is 34.0 Å². The summed E-state index contributed by atoms with van der Waals surface area (Å²) in [6.45, 7) is 0.433. The maximum absolute atomic E-state index is 12.4. The zero-order chi connectivity index (χ0) is 37.6. The van der Waals surface area contributed by atoms with Crippen LogP contribution in [-0.4, -0.2) is 104 Å². The molecule has 23 nitrogen and oxygen atoms in total. The predicted molar refractivity (Wildman–Crippen MR) is 162 cm³/mol. The number of anilines is 1. The quantitative estimate of drug-likeness (QED) is 0.0552. The molecule has 5 rings (SSSR count). The SMILES string of the molecule is Cc1cc2nc3c(=O)nc([O-])nc-3n(C[C@H](O)[C@H](O)[C@H](O)COP(=O)([O-])OP(=O)([O-])OC[C@H]3O[C@@H](n4ccc(N)nc4=O)[C@H](O)[C@@H]3O)c2cc1C. The molecule has 0 aliphatic carbocycles. The van der Waals surface area contributed by atoms with Crippen molar-refractivity contribution in [1.82, 2.24) is 29.1 Å². The Morgan fingerprint density at radius 1 is 0.980 bits per heavy atom. The van der Waals surface area contributed by atoms with Crippen molar-refractivity contribution in [2.24, 2.45) is 0 Å². The smallest absolute Gasteiger partial charge is 0.351 e. The topological polar surface area (TPSA) is 363 Å². The Balaban J connectivity index is 1.20. The third-order valence-electron chi connectivity index (χ3n) is 7.80. The number of hydrogen-bond donors (Lipinski definition) is 6. The number of fused-ring (bicyclic) bond motifs is 2. The summed E-state index contributed by atoms with van der Waals surface area (Å²) in [5, 5.41) is 64.3. The molecule has 278 valence electrons. The summed E-state index contributed by atoms with van der Waals surface area (Å²) in [4.78, 5) is 63.6. The number of nitrogens with two attached hydrogens (primary N) is 1. The minimum Gasteiger partial charge on any atom is -0.844 e. The first-order valence-electron chi connectivity index (χ1n) is 14.7. The number of hydrogen-bond acceptors (Lipinski definition) is 21. The number of aromatic nitrogens is 6. The molecule has 0 spiro atoms. The molecule has 1 saturated heterocycles. The fourth-order valence-corrected chi connectivity index (χ4v) is 7.09. The molecule has 0 saturated carbocycles. The molecular formula is C26H30N7O16P2-3. The van der Waals surface area contributed by atoms with Gasteiger partial charge in [0.1, 0.15) is 42.4 Å². The summed E-state index contributed by atoms with van der Waals surface area (Å²) in [6.07, 6.45) is -12.0. The van der Waals surface area contributed by atoms with E-state index in [1.165, 1.54) is 10.6 Å². The Bertz CT molecular complexity index is 2120. The summed E-state index contributed by atoms with van der Waals surface area (Å²) in [7, 11) is -11.7. The van der Waals surface area contributed by atoms with Crippen LogP contribution in [0.4, 0.5) is 5.82 Å². The number of aliphatic hydroxyl groups is 5. The minimum atomic E-state index is -5.87. The maximum atomic E-state index is 12.4. The van der Waals surface area contributed by atoms with Gasteiger partial charge >= 0.3 is 5.69 Å². The molecule has 51 heavy (non-hydrogen) atoms. The van der Waals surface area contributed by atoms with Gasteiger partial charge in [-0.25, -0.2) is 24.1 Å². The normalized spacial score (nSPS) is 23.5. The molecule has 1 fully saturated rings. The Kier molecular flexibility index (Phi) is 11.1. The van der Waals surface area contributed by atoms with Gasteiger partial charge in [0.25, 0.3) is 21.2 Å². The van der Waals surface area contributed by atoms with E-state index in [-0.39, 0.29) is 28.4 Å². The van der Waals surface area contributed by atoms with Gasteiger partial charge in [-0.15, -0.1) is 0 Å². The van der Waals surface area contributed by atoms with Crippen LogP contribution in [-0.2, 0) is 33.8 Å². The van der Waals surface area contributed by atoms with E-state index >= 15 is 0 Å². The highest BCUT2D eigenvalue weighted by Gasteiger charge is 2.45. The fourth-order valence-electron chi connectivity index (χ4n) is 5.07. The second-order valence-electron chi connectivity index (χ2n) is 11.4. The third kappa shape index (κ3) is 8.47. The van der Waals surface area contributed by atoms with Crippen LogP contribution in [0.25, 0.3) is 22.6 Å². The number of nitrogen functional groups attached to an aromatic ring is 1. The number of aliphatic hydroxyl groups excluding tert-OH is 5. The van der Waals surface area contributed by atoms with Crippen LogP contribution in [0.5, 0.6) is 6.01 Å². The average molecular weight is 759 g/mol. The van der Waals surface area contributed by atoms with Crippen molar-refractivity contribution >= 4 is 32.5 Å². The van der Waals surface area contributed by atoms with Crippen LogP contribution in [0.2, 0.25) is 0 Å². The first-order valence-corrected chi connectivity index (χ1v) is 17.6.